The molecule has 0 radical (unpaired) electrons. The molecule has 0 spiro atoms. The van der Waals surface area contributed by atoms with Crippen LogP contribution >= 0.6 is 11.6 Å². The van der Waals surface area contributed by atoms with Crippen LogP contribution < -0.4 is 5.56 Å². The number of carbonyl (C=O) groups excluding carboxylic acids is 1. The fourth-order valence-corrected chi connectivity index (χ4v) is 4.24. The number of hydrogen-bond donors (Lipinski definition) is 0. The molecule has 0 saturated carbocycles. The normalized spacial score (nSPS) is 16.8. The van der Waals surface area contributed by atoms with Gasteiger partial charge in [0.1, 0.15) is 0 Å². The number of likely N-dealkylation sites (tertiary alicyclic amines) is 1. The first-order valence-electron chi connectivity index (χ1n) is 10.3. The summed E-state index contributed by atoms with van der Waals surface area (Å²) in [6.07, 6.45) is 9.30. The number of aromatic nitrogens is 2. The molecule has 154 valence electrons. The Bertz CT molecular complexity index is 1080. The number of hydrogen-bond acceptors (Lipinski definition) is 3. The van der Waals surface area contributed by atoms with Gasteiger partial charge < -0.3 is 9.47 Å². The monoisotopic (exact) mass is 421 g/mol. The third-order valence-corrected chi connectivity index (χ3v) is 6.00. The highest BCUT2D eigenvalue weighted by atomic mass is 35.5. The van der Waals surface area contributed by atoms with E-state index in [0.29, 0.717) is 23.7 Å². The Labute approximate surface area is 180 Å². The van der Waals surface area contributed by atoms with Crippen LogP contribution in [0.4, 0.5) is 0 Å². The van der Waals surface area contributed by atoms with Gasteiger partial charge >= 0.3 is 0 Å². The second-order valence-corrected chi connectivity index (χ2v) is 8.03. The Morgan fingerprint density at radius 2 is 1.83 bits per heavy atom. The van der Waals surface area contributed by atoms with Crippen molar-refractivity contribution in [1.29, 1.82) is 0 Å². The van der Waals surface area contributed by atoms with Gasteiger partial charge in [0.25, 0.3) is 11.5 Å². The van der Waals surface area contributed by atoms with Crippen LogP contribution in [-0.2, 0) is 6.54 Å². The third-order valence-electron chi connectivity index (χ3n) is 5.63. The minimum atomic E-state index is -0.159. The van der Waals surface area contributed by atoms with Crippen molar-refractivity contribution in [2.45, 2.75) is 38.3 Å². The van der Waals surface area contributed by atoms with E-state index in [1.165, 1.54) is 6.07 Å². The molecule has 1 aromatic carbocycles. The molecule has 2 aromatic heterocycles. The Kier molecular flexibility index (Phi) is 6.29. The van der Waals surface area contributed by atoms with Crippen molar-refractivity contribution >= 4 is 17.5 Å². The van der Waals surface area contributed by atoms with E-state index in [-0.39, 0.29) is 17.5 Å². The van der Waals surface area contributed by atoms with Gasteiger partial charge in [0.2, 0.25) is 0 Å². The van der Waals surface area contributed by atoms with E-state index in [0.717, 1.165) is 36.8 Å². The Morgan fingerprint density at radius 3 is 2.63 bits per heavy atom. The van der Waals surface area contributed by atoms with E-state index < -0.39 is 0 Å². The second kappa shape index (κ2) is 9.26. The van der Waals surface area contributed by atoms with Crippen LogP contribution in [0, 0.1) is 0 Å². The zero-order valence-electron chi connectivity index (χ0n) is 16.7. The first kappa shape index (κ1) is 20.4. The summed E-state index contributed by atoms with van der Waals surface area (Å²) in [6, 6.07) is 14.5. The van der Waals surface area contributed by atoms with Crippen molar-refractivity contribution in [1.82, 2.24) is 14.5 Å². The Balaban J connectivity index is 1.64. The van der Waals surface area contributed by atoms with Crippen molar-refractivity contribution in [2.75, 3.05) is 6.54 Å². The predicted molar refractivity (Wildman–Crippen MR) is 118 cm³/mol. The van der Waals surface area contributed by atoms with Crippen LogP contribution in [0.15, 0.2) is 71.9 Å². The average molecular weight is 422 g/mol. The number of pyridine rings is 2. The van der Waals surface area contributed by atoms with Gasteiger partial charge in [0.05, 0.1) is 18.2 Å². The predicted octanol–water partition coefficient (Wildman–Crippen LogP) is 4.70. The molecule has 1 aliphatic heterocycles. The summed E-state index contributed by atoms with van der Waals surface area (Å²) in [4.78, 5) is 32.0. The summed E-state index contributed by atoms with van der Waals surface area (Å²) >= 11 is 6.26. The maximum atomic E-state index is 13.5. The third kappa shape index (κ3) is 4.46. The first-order chi connectivity index (χ1) is 14.6. The maximum absolute atomic E-state index is 13.5. The minimum Gasteiger partial charge on any atom is -0.332 e. The summed E-state index contributed by atoms with van der Waals surface area (Å²) < 4.78 is 1.55. The van der Waals surface area contributed by atoms with Gasteiger partial charge in [-0.1, -0.05) is 42.6 Å². The summed E-state index contributed by atoms with van der Waals surface area (Å²) in [5, 5.41) is 0.603. The van der Waals surface area contributed by atoms with Crippen LogP contribution in [0.25, 0.3) is 0 Å². The van der Waals surface area contributed by atoms with Gasteiger partial charge in [0.15, 0.2) is 0 Å². The maximum Gasteiger partial charge on any atom is 0.255 e. The van der Waals surface area contributed by atoms with Crippen molar-refractivity contribution in [3.63, 3.8) is 0 Å². The SMILES string of the molecule is O=C(c1ccc(=O)n(Cc2ccccc2Cl)c1)N1CCCCCC1c1ccncc1. The van der Waals surface area contributed by atoms with Crippen molar-refractivity contribution in [3.8, 4) is 0 Å². The molecule has 4 rings (SSSR count). The number of rotatable bonds is 4. The molecule has 5 nitrogen and oxygen atoms in total. The molecule has 0 N–H and O–H groups in total. The largest absolute Gasteiger partial charge is 0.332 e. The minimum absolute atomic E-state index is 0.0203. The molecule has 1 unspecified atom stereocenters. The molecule has 3 aromatic rings. The first-order valence-corrected chi connectivity index (χ1v) is 10.7. The van der Waals surface area contributed by atoms with Gasteiger partial charge in [-0.2, -0.15) is 0 Å². The van der Waals surface area contributed by atoms with Gasteiger partial charge in [-0.15, -0.1) is 0 Å². The average Bonchev–Trinajstić information content (AvgIpc) is 3.03. The quantitative estimate of drug-likeness (QED) is 0.613. The highest BCUT2D eigenvalue weighted by molar-refractivity contribution is 6.31. The number of benzene rings is 1. The molecule has 0 bridgehead atoms. The lowest BCUT2D eigenvalue weighted by Gasteiger charge is -2.30. The summed E-state index contributed by atoms with van der Waals surface area (Å²) in [6.45, 7) is 1.03. The molecule has 6 heteroatoms. The Hall–Kier alpha value is -2.92. The molecule has 1 atom stereocenters. The van der Waals surface area contributed by atoms with Gasteiger partial charge in [-0.05, 0) is 48.2 Å². The number of nitrogens with zero attached hydrogens (tertiary/aromatic N) is 3. The smallest absolute Gasteiger partial charge is 0.255 e. The molecule has 3 heterocycles. The topological polar surface area (TPSA) is 55.2 Å². The van der Waals surface area contributed by atoms with Gasteiger partial charge in [0, 0.05) is 36.2 Å². The summed E-state index contributed by atoms with van der Waals surface area (Å²) in [7, 11) is 0. The molecule has 0 aliphatic carbocycles. The van der Waals surface area contributed by atoms with Gasteiger partial charge in [-0.25, -0.2) is 0 Å². The van der Waals surface area contributed by atoms with Crippen molar-refractivity contribution < 1.29 is 4.79 Å². The van der Waals surface area contributed by atoms with E-state index in [1.807, 2.05) is 35.2 Å². The Morgan fingerprint density at radius 1 is 1.03 bits per heavy atom. The highest BCUT2D eigenvalue weighted by Crippen LogP contribution is 2.31. The lowest BCUT2D eigenvalue weighted by Crippen LogP contribution is -2.35. The molecule has 1 fully saturated rings. The number of amides is 1. The van der Waals surface area contributed by atoms with E-state index >= 15 is 0 Å². The lowest BCUT2D eigenvalue weighted by molar-refractivity contribution is 0.0680. The standard InChI is InChI=1S/C24H24ClN3O2/c25-21-7-4-3-6-19(21)16-27-17-20(9-10-23(27)29)24(30)28-15-5-1-2-8-22(28)18-11-13-26-14-12-18/h3-4,6-7,9-14,17,22H,1-2,5,8,15-16H2. The number of carbonyl (C=O) groups is 1. The molecular formula is C24H24ClN3O2. The fraction of sp³-hybridized carbons (Fsp3) is 0.292. The zero-order chi connectivity index (χ0) is 20.9. The van der Waals surface area contributed by atoms with E-state index in [9.17, 15) is 9.59 Å². The summed E-state index contributed by atoms with van der Waals surface area (Å²) in [5.74, 6) is -0.0494. The van der Waals surface area contributed by atoms with E-state index in [4.69, 9.17) is 11.6 Å². The molecule has 30 heavy (non-hydrogen) atoms. The molecular weight excluding hydrogens is 398 g/mol. The summed E-state index contributed by atoms with van der Waals surface area (Å²) in [5.41, 5.74) is 2.30. The molecule has 1 amide bonds. The fourth-order valence-electron chi connectivity index (χ4n) is 4.04. The van der Waals surface area contributed by atoms with E-state index in [1.54, 1.807) is 35.3 Å². The van der Waals surface area contributed by atoms with E-state index in [2.05, 4.69) is 4.98 Å². The zero-order valence-corrected chi connectivity index (χ0v) is 17.5. The van der Waals surface area contributed by atoms with Crippen molar-refractivity contribution in [2.24, 2.45) is 0 Å². The van der Waals surface area contributed by atoms with Crippen LogP contribution in [0.3, 0.4) is 0 Å². The second-order valence-electron chi connectivity index (χ2n) is 7.62. The van der Waals surface area contributed by atoms with Crippen LogP contribution in [-0.4, -0.2) is 26.9 Å². The van der Waals surface area contributed by atoms with Gasteiger partial charge in [-0.3, -0.25) is 14.6 Å². The van der Waals surface area contributed by atoms with Crippen LogP contribution in [0.1, 0.15) is 53.2 Å². The molecule has 1 aliphatic rings. The van der Waals surface area contributed by atoms with Crippen LogP contribution in [0.2, 0.25) is 5.02 Å². The van der Waals surface area contributed by atoms with Crippen LogP contribution in [0.5, 0.6) is 0 Å². The molecule has 1 saturated heterocycles. The highest BCUT2D eigenvalue weighted by Gasteiger charge is 2.28. The number of halogens is 1. The lowest BCUT2D eigenvalue weighted by atomic mass is 10.0. The van der Waals surface area contributed by atoms with Crippen molar-refractivity contribution in [3.05, 3.63) is 99.2 Å².